The standard InChI is InChI=1S/2C17H15NO2.C16H19NO4.C16H13NO3.C15H17NO4.C14H15NO3.C12H13NO3.C11H11NO3/c1-11-2-4-12(5-3-11)8-13-9-15-14(17(19)20)6-7-18-16(15)10-13;1-11-3-2-4-12(7-11)8-13-9-15-14(17(19)20)5-6-18-16(15)10-13;1-20-16(19)12-2-5-17-14-9-11(8-13(12)14)15(18)10-3-6-21-7-4-10;18-16(19)13-6-7-17-15-9-11(8-14(13)15)10-20-12-4-2-1-3-5-12;17-14(9-2-5-20-6-3-9)10-7-12-11(15(18)19)1-4-16-13(12)8-10;16-13(5-8-1-2-8)9-6-11-10(14(17)18)3-4-15-12(11)7-9;1-15-7-8-5-10-9(12(14)16-2)3-4-13-11(10)6-8;1-15-6-7-4-9-8(11(13)14)2-3-12-10(9)5-7/h2*2-7,10H,8-9H2,1H3,(H,19,20);2,5,9-10,15,18H,3-4,6-8H2,1H3;1-7,9H,8,10H2,(H,18,19);1,4,8-9,14,17H,2-3,5-7H2,(H,18,19);3-4,7-8,13,16H,1-2,5-6H2,(H,17,18);3-4,6H,5,7H2,1-2H3;2-3,5H,4,6H2,1H3,(H,13,14). The lowest BCUT2D eigenvalue weighted by atomic mass is 9.88. The summed E-state index contributed by atoms with van der Waals surface area (Å²) in [6.07, 6.45) is 39.4. The number of para-hydroxylation sites is 1. The summed E-state index contributed by atoms with van der Waals surface area (Å²) >= 11 is 0. The topological polar surface area (TPSA) is 486 Å². The number of hydrogen-bond donors (Lipinski definition) is 9. The molecule has 1 saturated carbocycles. The van der Waals surface area contributed by atoms with Crippen molar-refractivity contribution in [1.82, 2.24) is 39.9 Å². The van der Waals surface area contributed by atoms with Crippen molar-refractivity contribution >= 4 is 96.4 Å². The van der Waals surface area contributed by atoms with E-state index in [9.17, 15) is 69.0 Å². The number of carboxylic acid groups (broad SMARTS) is 6. The maximum absolute atomic E-state index is 11.8. The van der Waals surface area contributed by atoms with Crippen LogP contribution < -0.4 is 4.74 Å². The Bertz CT molecular complexity index is 7170. The summed E-state index contributed by atoms with van der Waals surface area (Å²) in [7, 11) is 6.02. The van der Waals surface area contributed by atoms with E-state index in [1.165, 1.54) is 110 Å². The summed E-state index contributed by atoms with van der Waals surface area (Å²) in [5.74, 6) is -4.26. The monoisotopic (exact) mass is 2030 g/mol. The van der Waals surface area contributed by atoms with Crippen LogP contribution in [0, 0.1) is 31.6 Å². The van der Waals surface area contributed by atoms with Crippen molar-refractivity contribution in [1.29, 1.82) is 0 Å². The zero-order valence-corrected chi connectivity index (χ0v) is 84.0. The molecular weight excluding hydrogens is 1910 g/mol. The van der Waals surface area contributed by atoms with Gasteiger partial charge >= 0.3 is 47.8 Å². The minimum atomic E-state index is -0.946. The summed E-state index contributed by atoms with van der Waals surface area (Å²) < 4.78 is 35.9. The molecule has 32 heteroatoms. The predicted octanol–water partition coefficient (Wildman–Crippen LogP) is 17.1. The molecule has 774 valence electrons. The normalized spacial score (nSPS) is 15.7. The van der Waals surface area contributed by atoms with E-state index in [-0.39, 0.29) is 29.3 Å². The van der Waals surface area contributed by atoms with Gasteiger partial charge in [-0.2, -0.15) is 0 Å². The Labute approximate surface area is 866 Å². The highest BCUT2D eigenvalue weighted by molar-refractivity contribution is 5.97. The molecule has 3 atom stereocenters. The van der Waals surface area contributed by atoms with Gasteiger partial charge in [0.05, 0.1) is 136 Å². The van der Waals surface area contributed by atoms with E-state index >= 15 is 0 Å². The fourth-order valence-corrected chi connectivity index (χ4v) is 19.7. The van der Waals surface area contributed by atoms with E-state index in [2.05, 4.69) is 96.2 Å². The Kier molecular flexibility index (Phi) is 36.9. The maximum Gasteiger partial charge on any atom is 0.338 e. The lowest BCUT2D eigenvalue weighted by molar-refractivity contribution is 0.0209. The van der Waals surface area contributed by atoms with Crippen molar-refractivity contribution in [3.05, 3.63) is 378 Å². The third-order valence-electron chi connectivity index (χ3n) is 27.5. The first kappa shape index (κ1) is 108. The summed E-state index contributed by atoms with van der Waals surface area (Å²) in [6, 6.07) is 39.0. The Balaban J connectivity index is 0.000000128. The molecule has 9 aliphatic carbocycles. The number of aromatic nitrogens is 8. The number of aliphatic hydroxyl groups is 3. The highest BCUT2D eigenvalue weighted by Crippen LogP contribution is 2.41. The second-order valence-corrected chi connectivity index (χ2v) is 38.0. The number of hydrogen-bond acceptors (Lipinski definition) is 26. The number of rotatable bonds is 26. The Hall–Kier alpha value is -15.9. The minimum Gasteiger partial charge on any atom is -0.489 e. The number of carbonyl (C=O) groups is 8. The van der Waals surface area contributed by atoms with Crippen molar-refractivity contribution in [2.24, 2.45) is 17.8 Å². The average molecular weight is 2030 g/mol. The molecule has 3 unspecified atom stereocenters. The lowest BCUT2D eigenvalue weighted by Crippen LogP contribution is -2.28. The van der Waals surface area contributed by atoms with Crippen LogP contribution in [0.1, 0.15) is 240 Å². The highest BCUT2D eigenvalue weighted by atomic mass is 16.5. The number of esters is 2. The van der Waals surface area contributed by atoms with Gasteiger partial charge in [0.25, 0.3) is 0 Å². The largest absolute Gasteiger partial charge is 0.489 e. The number of carbonyl (C=O) groups excluding carboxylic acids is 2. The molecule has 11 aliphatic rings. The summed E-state index contributed by atoms with van der Waals surface area (Å²) in [6.45, 7) is 8.44. The number of pyridine rings is 8. The molecule has 32 nitrogen and oxygen atoms in total. The number of allylic oxidation sites excluding steroid dienone is 2. The first-order valence-corrected chi connectivity index (χ1v) is 49.4. The van der Waals surface area contributed by atoms with E-state index in [1.54, 1.807) is 63.3 Å². The summed E-state index contributed by atoms with van der Waals surface area (Å²) in [4.78, 5) is 124. The van der Waals surface area contributed by atoms with E-state index in [0.717, 1.165) is 157 Å². The van der Waals surface area contributed by atoms with Crippen LogP contribution in [0.2, 0.25) is 0 Å². The van der Waals surface area contributed by atoms with Crippen LogP contribution in [-0.4, -0.2) is 227 Å². The van der Waals surface area contributed by atoms with Gasteiger partial charge in [0.15, 0.2) is 0 Å². The number of aliphatic hydroxyl groups excluding tert-OH is 3. The van der Waals surface area contributed by atoms with Crippen LogP contribution in [-0.2, 0) is 92.6 Å². The SMILES string of the molecule is COC(=O)c1ccnc2c1CC(C(O)C1CCOCC1)=C2.COCC1=Cc2nccc(C(=O)O)c2C1.COCC1=Cc2nccc(C(=O)OC)c2C1.Cc1ccc(CC2=Cc3nccc(C(=O)O)c3C2)cc1.Cc1cccc(CC2=Cc3nccc(C(=O)O)c3C2)c1.O=C(O)c1ccnc2c1CC(C(O)C1CCOCC1)=C2.O=C(O)c1ccnc2c1CC(C(O)CC1CC1)=C2.O=C(O)c1ccnc2c1CC(COc1ccccc1)=C2. The molecule has 11 aromatic rings. The maximum atomic E-state index is 11.8. The number of nitrogens with zero attached hydrogens (tertiary/aromatic N) is 8. The molecule has 0 bridgehead atoms. The first-order chi connectivity index (χ1) is 72.5. The van der Waals surface area contributed by atoms with Crippen LogP contribution in [0.3, 0.4) is 0 Å². The molecule has 0 spiro atoms. The number of fused-ring (bicyclic) bond motifs is 8. The molecular formula is C118H118N8O24. The third-order valence-corrected chi connectivity index (χ3v) is 27.5. The van der Waals surface area contributed by atoms with Gasteiger partial charge in [-0.15, -0.1) is 0 Å². The van der Waals surface area contributed by atoms with Crippen LogP contribution in [0.15, 0.2) is 222 Å². The van der Waals surface area contributed by atoms with E-state index in [1.807, 2.05) is 85.0 Å². The molecule has 2 aliphatic heterocycles. The van der Waals surface area contributed by atoms with Gasteiger partial charge in [-0.1, -0.05) is 102 Å². The van der Waals surface area contributed by atoms with Gasteiger partial charge in [0.1, 0.15) is 12.4 Å². The fraction of sp³-hybridized carbons (Fsp3) is 0.305. The fourth-order valence-electron chi connectivity index (χ4n) is 19.7. The molecule has 3 aromatic carbocycles. The molecule has 8 aromatic heterocycles. The average Bonchev–Trinajstić information content (AvgIpc) is 1.63. The van der Waals surface area contributed by atoms with Gasteiger partial charge < -0.3 is 79.1 Å². The van der Waals surface area contributed by atoms with E-state index in [4.69, 9.17) is 48.5 Å². The molecule has 3 fully saturated rings. The van der Waals surface area contributed by atoms with Crippen LogP contribution in [0.5, 0.6) is 5.75 Å². The highest BCUT2D eigenvalue weighted by Gasteiger charge is 2.36. The van der Waals surface area contributed by atoms with Gasteiger partial charge in [0.2, 0.25) is 0 Å². The van der Waals surface area contributed by atoms with E-state index < -0.39 is 54.1 Å². The molecule has 10 heterocycles. The number of benzene rings is 3. The van der Waals surface area contributed by atoms with Crippen molar-refractivity contribution < 1.29 is 117 Å². The number of ether oxygens (including phenoxy) is 7. The summed E-state index contributed by atoms with van der Waals surface area (Å²) in [5, 5.41) is 86.0. The van der Waals surface area contributed by atoms with E-state index in [0.29, 0.717) is 159 Å². The van der Waals surface area contributed by atoms with Crippen LogP contribution in [0.4, 0.5) is 0 Å². The van der Waals surface area contributed by atoms with Crippen molar-refractivity contribution in [2.75, 3.05) is 74.7 Å². The zero-order valence-electron chi connectivity index (χ0n) is 84.0. The molecule has 150 heavy (non-hydrogen) atoms. The van der Waals surface area contributed by atoms with Gasteiger partial charge in [-0.3, -0.25) is 39.9 Å². The zero-order chi connectivity index (χ0) is 106. The number of aryl methyl sites for hydroxylation is 2. The first-order valence-electron chi connectivity index (χ1n) is 49.4. The molecule has 0 radical (unpaired) electrons. The van der Waals surface area contributed by atoms with Gasteiger partial charge in [0, 0.05) is 96.6 Å². The molecule has 22 rings (SSSR count). The van der Waals surface area contributed by atoms with Crippen LogP contribution in [0.25, 0.3) is 48.6 Å². The second kappa shape index (κ2) is 51.1. The Morgan fingerprint density at radius 1 is 0.320 bits per heavy atom. The quantitative estimate of drug-likeness (QED) is 0.0227. The second-order valence-electron chi connectivity index (χ2n) is 38.0. The van der Waals surface area contributed by atoms with Gasteiger partial charge in [-0.05, 0) is 320 Å². The minimum absolute atomic E-state index is 0.192. The lowest BCUT2D eigenvalue weighted by Gasteiger charge is -2.27. The van der Waals surface area contributed by atoms with Crippen molar-refractivity contribution in [3.63, 3.8) is 0 Å². The van der Waals surface area contributed by atoms with Crippen LogP contribution >= 0.6 is 0 Å². The Morgan fingerprint density at radius 3 is 0.973 bits per heavy atom. The third kappa shape index (κ3) is 27.7. The number of carboxylic acids is 6. The molecule has 2 saturated heterocycles. The van der Waals surface area contributed by atoms with Gasteiger partial charge in [-0.25, -0.2) is 38.4 Å². The molecule has 0 amide bonds. The number of methoxy groups -OCH3 is 4. The van der Waals surface area contributed by atoms with Crippen molar-refractivity contribution in [2.45, 2.75) is 141 Å². The van der Waals surface area contributed by atoms with Crippen molar-refractivity contribution in [3.8, 4) is 5.75 Å². The predicted molar refractivity (Wildman–Crippen MR) is 560 cm³/mol. The molecule has 9 N–H and O–H groups in total. The smallest absolute Gasteiger partial charge is 0.338 e. The Morgan fingerprint density at radius 2 is 0.627 bits per heavy atom. The summed E-state index contributed by atoms with van der Waals surface area (Å²) in [5.41, 5.74) is 28.9. The number of aromatic carboxylic acids is 6.